The van der Waals surface area contributed by atoms with Gasteiger partial charge in [-0.1, -0.05) is 11.6 Å². The molecule has 0 saturated heterocycles. The number of nitrogens with zero attached hydrogens (tertiary/aromatic N) is 2. The lowest BCUT2D eigenvalue weighted by Crippen LogP contribution is -2.27. The van der Waals surface area contributed by atoms with Crippen molar-refractivity contribution in [1.29, 1.82) is 0 Å². The maximum absolute atomic E-state index is 13.1. The van der Waals surface area contributed by atoms with Crippen molar-refractivity contribution >= 4 is 23.2 Å². The quantitative estimate of drug-likeness (QED) is 0.902. The Hall–Kier alpha value is -1.92. The fourth-order valence-electron chi connectivity index (χ4n) is 1.56. The van der Waals surface area contributed by atoms with Crippen LogP contribution < -0.4 is 11.1 Å². The molecule has 1 heterocycles. The Balaban J connectivity index is 2.14. The maximum Gasteiger partial charge on any atom is 0.246 e. The van der Waals surface area contributed by atoms with Crippen LogP contribution in [-0.2, 0) is 11.8 Å². The maximum atomic E-state index is 13.1. The Bertz CT molecular complexity index is 614. The molecule has 2 rings (SSSR count). The number of amides is 1. The third kappa shape index (κ3) is 3.10. The van der Waals surface area contributed by atoms with Crippen LogP contribution in [0.4, 0.5) is 10.1 Å². The van der Waals surface area contributed by atoms with Crippen molar-refractivity contribution in [2.24, 2.45) is 12.8 Å². The molecule has 1 atom stereocenters. The topological polar surface area (TPSA) is 72.9 Å². The van der Waals surface area contributed by atoms with E-state index in [1.165, 1.54) is 23.0 Å². The Morgan fingerprint density at radius 1 is 1.58 bits per heavy atom. The molecule has 1 amide bonds. The molecule has 0 aliphatic rings. The lowest BCUT2D eigenvalue weighted by atomic mass is 10.1. The number of carbonyl (C=O) groups excluding carboxylic acids is 1. The Labute approximate surface area is 114 Å². The number of benzene rings is 1. The van der Waals surface area contributed by atoms with Crippen LogP contribution >= 0.6 is 11.6 Å². The molecule has 0 saturated carbocycles. The van der Waals surface area contributed by atoms with E-state index in [0.717, 1.165) is 6.07 Å². The van der Waals surface area contributed by atoms with E-state index in [0.29, 0.717) is 5.56 Å². The normalized spacial score (nSPS) is 12.2. The summed E-state index contributed by atoms with van der Waals surface area (Å²) in [5.41, 5.74) is 6.53. The minimum atomic E-state index is -0.895. The van der Waals surface area contributed by atoms with Crippen molar-refractivity contribution in [2.75, 3.05) is 5.32 Å². The van der Waals surface area contributed by atoms with Gasteiger partial charge in [0.05, 0.1) is 16.9 Å². The predicted octanol–water partition coefficient (Wildman–Crippen LogP) is 1.85. The van der Waals surface area contributed by atoms with E-state index in [-0.39, 0.29) is 10.7 Å². The van der Waals surface area contributed by atoms with E-state index in [1.807, 2.05) is 0 Å². The fourth-order valence-corrected chi connectivity index (χ4v) is 1.72. The zero-order valence-corrected chi connectivity index (χ0v) is 10.9. The fraction of sp³-hybridized carbons (Fsp3) is 0.167. The number of anilines is 1. The van der Waals surface area contributed by atoms with Crippen LogP contribution in [0.15, 0.2) is 30.6 Å². The number of carbonyl (C=O) groups is 1. The predicted molar refractivity (Wildman–Crippen MR) is 70.2 cm³/mol. The van der Waals surface area contributed by atoms with Gasteiger partial charge in [0.25, 0.3) is 0 Å². The van der Waals surface area contributed by atoms with Crippen LogP contribution in [0, 0.1) is 5.82 Å². The second-order valence-electron chi connectivity index (χ2n) is 4.04. The number of rotatable bonds is 3. The Kier molecular flexibility index (Phi) is 3.82. The van der Waals surface area contributed by atoms with E-state index < -0.39 is 17.8 Å². The summed E-state index contributed by atoms with van der Waals surface area (Å²) >= 11 is 5.86. The lowest BCUT2D eigenvalue weighted by molar-refractivity contribution is -0.117. The van der Waals surface area contributed by atoms with Crippen LogP contribution in [0.2, 0.25) is 5.02 Å². The zero-order valence-electron chi connectivity index (χ0n) is 10.1. The first kappa shape index (κ1) is 13.5. The molecule has 1 aromatic carbocycles. The number of halogens is 2. The van der Waals surface area contributed by atoms with E-state index in [9.17, 15) is 9.18 Å². The van der Waals surface area contributed by atoms with E-state index in [1.54, 1.807) is 13.2 Å². The summed E-state index contributed by atoms with van der Waals surface area (Å²) in [4.78, 5) is 11.9. The highest BCUT2D eigenvalue weighted by molar-refractivity contribution is 6.33. The summed E-state index contributed by atoms with van der Waals surface area (Å²) in [7, 11) is 1.72. The second kappa shape index (κ2) is 5.38. The van der Waals surface area contributed by atoms with Crippen molar-refractivity contribution in [3.8, 4) is 0 Å². The third-order valence-electron chi connectivity index (χ3n) is 2.55. The molecular weight excluding hydrogens is 271 g/mol. The summed E-state index contributed by atoms with van der Waals surface area (Å²) in [5.74, 6) is -0.977. The zero-order chi connectivity index (χ0) is 14.0. The van der Waals surface area contributed by atoms with Crippen LogP contribution in [0.1, 0.15) is 11.6 Å². The SMILES string of the molecule is Cn1cc(C(N)C(=O)Nc2cc(F)ccc2Cl)cn1. The van der Waals surface area contributed by atoms with Crippen molar-refractivity contribution in [3.05, 3.63) is 47.0 Å². The van der Waals surface area contributed by atoms with Crippen molar-refractivity contribution in [3.63, 3.8) is 0 Å². The van der Waals surface area contributed by atoms with Gasteiger partial charge in [-0.05, 0) is 18.2 Å². The highest BCUT2D eigenvalue weighted by Gasteiger charge is 2.18. The standard InChI is InChI=1S/C12H12ClFN4O/c1-18-6-7(5-16-18)11(15)12(19)17-10-4-8(14)2-3-9(10)13/h2-6,11H,15H2,1H3,(H,17,19). The summed E-state index contributed by atoms with van der Waals surface area (Å²) < 4.78 is 14.6. The van der Waals surface area contributed by atoms with E-state index in [4.69, 9.17) is 17.3 Å². The molecule has 1 aromatic heterocycles. The van der Waals surface area contributed by atoms with Gasteiger partial charge in [0.2, 0.25) is 5.91 Å². The molecule has 0 bridgehead atoms. The molecule has 5 nitrogen and oxygen atoms in total. The largest absolute Gasteiger partial charge is 0.323 e. The van der Waals surface area contributed by atoms with Crippen molar-refractivity contribution < 1.29 is 9.18 Å². The monoisotopic (exact) mass is 282 g/mol. The molecule has 1 unspecified atom stereocenters. The molecular formula is C12H12ClFN4O. The molecule has 19 heavy (non-hydrogen) atoms. The van der Waals surface area contributed by atoms with Crippen LogP contribution in [0.25, 0.3) is 0 Å². The Morgan fingerprint density at radius 3 is 2.95 bits per heavy atom. The summed E-state index contributed by atoms with van der Waals surface area (Å²) in [6.45, 7) is 0. The third-order valence-corrected chi connectivity index (χ3v) is 2.88. The molecule has 0 spiro atoms. The van der Waals surface area contributed by atoms with Gasteiger partial charge in [0, 0.05) is 18.8 Å². The highest BCUT2D eigenvalue weighted by Crippen LogP contribution is 2.23. The molecule has 0 aliphatic heterocycles. The minimum Gasteiger partial charge on any atom is -0.323 e. The average Bonchev–Trinajstić information content (AvgIpc) is 2.79. The van der Waals surface area contributed by atoms with Gasteiger partial charge in [-0.3, -0.25) is 9.48 Å². The van der Waals surface area contributed by atoms with Gasteiger partial charge >= 0.3 is 0 Å². The average molecular weight is 283 g/mol. The van der Waals surface area contributed by atoms with Gasteiger partial charge in [0.1, 0.15) is 11.9 Å². The lowest BCUT2D eigenvalue weighted by Gasteiger charge is -2.11. The molecule has 0 aliphatic carbocycles. The number of hydrogen-bond acceptors (Lipinski definition) is 3. The van der Waals surface area contributed by atoms with Gasteiger partial charge < -0.3 is 11.1 Å². The molecule has 0 fully saturated rings. The number of aromatic nitrogens is 2. The van der Waals surface area contributed by atoms with Crippen LogP contribution in [0.3, 0.4) is 0 Å². The number of hydrogen-bond donors (Lipinski definition) is 2. The molecule has 2 aromatic rings. The summed E-state index contributed by atoms with van der Waals surface area (Å²) in [6.07, 6.45) is 3.13. The summed E-state index contributed by atoms with van der Waals surface area (Å²) in [6, 6.07) is 2.81. The minimum absolute atomic E-state index is 0.186. The van der Waals surface area contributed by atoms with Gasteiger partial charge in [-0.25, -0.2) is 4.39 Å². The van der Waals surface area contributed by atoms with Crippen molar-refractivity contribution in [2.45, 2.75) is 6.04 Å². The smallest absolute Gasteiger partial charge is 0.246 e. The first-order chi connectivity index (χ1) is 8.97. The van der Waals surface area contributed by atoms with Crippen LogP contribution in [0.5, 0.6) is 0 Å². The molecule has 3 N–H and O–H groups in total. The first-order valence-corrected chi connectivity index (χ1v) is 5.85. The van der Waals surface area contributed by atoms with Gasteiger partial charge in [0.15, 0.2) is 0 Å². The molecule has 0 radical (unpaired) electrons. The second-order valence-corrected chi connectivity index (χ2v) is 4.45. The van der Waals surface area contributed by atoms with Gasteiger partial charge in [-0.15, -0.1) is 0 Å². The van der Waals surface area contributed by atoms with Crippen LogP contribution in [-0.4, -0.2) is 15.7 Å². The number of nitrogens with two attached hydrogens (primary N) is 1. The Morgan fingerprint density at radius 2 is 2.32 bits per heavy atom. The molecule has 100 valence electrons. The summed E-state index contributed by atoms with van der Waals surface area (Å²) in [5, 5.41) is 6.66. The molecule has 7 heteroatoms. The van der Waals surface area contributed by atoms with Crippen molar-refractivity contribution in [1.82, 2.24) is 9.78 Å². The number of nitrogens with one attached hydrogen (secondary N) is 1. The number of aryl methyl sites for hydroxylation is 1. The van der Waals surface area contributed by atoms with E-state index >= 15 is 0 Å². The first-order valence-electron chi connectivity index (χ1n) is 5.47. The van der Waals surface area contributed by atoms with E-state index in [2.05, 4.69) is 10.4 Å². The van der Waals surface area contributed by atoms with Gasteiger partial charge in [-0.2, -0.15) is 5.10 Å². The highest BCUT2D eigenvalue weighted by atomic mass is 35.5.